The molecule has 0 aromatic heterocycles. The molecule has 1 rings (SSSR count). The zero-order valence-electron chi connectivity index (χ0n) is 10.6. The SMILES string of the molecule is CCCCCCC1(CCCC)CSC(=S)O1. The Hall–Kier alpha value is 0.240. The van der Waals surface area contributed by atoms with Gasteiger partial charge in [-0.05, 0) is 37.9 Å². The quantitative estimate of drug-likeness (QED) is 0.452. The second kappa shape index (κ2) is 7.54. The van der Waals surface area contributed by atoms with E-state index in [0.29, 0.717) is 0 Å². The first-order chi connectivity index (χ1) is 7.72. The minimum absolute atomic E-state index is 0.0888. The van der Waals surface area contributed by atoms with Crippen molar-refractivity contribution in [1.29, 1.82) is 0 Å². The summed E-state index contributed by atoms with van der Waals surface area (Å²) in [6.07, 6.45) is 10.2. The van der Waals surface area contributed by atoms with Crippen molar-refractivity contribution in [3.05, 3.63) is 0 Å². The number of thiocarbonyl (C=S) groups is 1. The van der Waals surface area contributed by atoms with E-state index in [1.165, 1.54) is 51.4 Å². The van der Waals surface area contributed by atoms with Crippen LogP contribution in [0, 0.1) is 0 Å². The molecular formula is C13H24OS2. The summed E-state index contributed by atoms with van der Waals surface area (Å²) in [6.45, 7) is 4.50. The molecule has 0 amide bonds. The van der Waals surface area contributed by atoms with E-state index in [2.05, 4.69) is 13.8 Å². The molecular weight excluding hydrogens is 236 g/mol. The van der Waals surface area contributed by atoms with E-state index in [9.17, 15) is 0 Å². The molecule has 1 atom stereocenters. The Balaban J connectivity index is 2.35. The first-order valence-corrected chi connectivity index (χ1v) is 7.97. The molecule has 1 nitrogen and oxygen atoms in total. The third-order valence-corrected chi connectivity index (χ3v) is 4.65. The largest absolute Gasteiger partial charge is 0.471 e. The minimum atomic E-state index is 0.0888. The summed E-state index contributed by atoms with van der Waals surface area (Å²) >= 11 is 6.89. The van der Waals surface area contributed by atoms with Crippen molar-refractivity contribution in [3.63, 3.8) is 0 Å². The van der Waals surface area contributed by atoms with Crippen LogP contribution in [-0.4, -0.2) is 15.7 Å². The van der Waals surface area contributed by atoms with Crippen molar-refractivity contribution in [1.82, 2.24) is 0 Å². The predicted octanol–water partition coefficient (Wildman–Crippen LogP) is 4.93. The molecule has 16 heavy (non-hydrogen) atoms. The first kappa shape index (κ1) is 14.3. The van der Waals surface area contributed by atoms with Gasteiger partial charge in [-0.25, -0.2) is 0 Å². The lowest BCUT2D eigenvalue weighted by atomic mass is 9.92. The van der Waals surface area contributed by atoms with Crippen LogP contribution < -0.4 is 0 Å². The van der Waals surface area contributed by atoms with Gasteiger partial charge in [0.15, 0.2) is 0 Å². The van der Waals surface area contributed by atoms with Crippen LogP contribution in [0.4, 0.5) is 0 Å². The van der Waals surface area contributed by atoms with Gasteiger partial charge in [-0.1, -0.05) is 51.3 Å². The lowest BCUT2D eigenvalue weighted by Gasteiger charge is -2.27. The van der Waals surface area contributed by atoms with E-state index in [4.69, 9.17) is 17.0 Å². The van der Waals surface area contributed by atoms with Crippen LogP contribution in [-0.2, 0) is 4.74 Å². The van der Waals surface area contributed by atoms with Crippen molar-refractivity contribution in [2.45, 2.75) is 70.8 Å². The van der Waals surface area contributed by atoms with Crippen LogP contribution in [0.1, 0.15) is 65.2 Å². The third kappa shape index (κ3) is 4.62. The third-order valence-electron chi connectivity index (χ3n) is 3.22. The van der Waals surface area contributed by atoms with Crippen LogP contribution in [0.5, 0.6) is 0 Å². The van der Waals surface area contributed by atoms with Gasteiger partial charge in [0.25, 0.3) is 0 Å². The van der Waals surface area contributed by atoms with Crippen molar-refractivity contribution in [2.75, 3.05) is 5.75 Å². The molecule has 1 fully saturated rings. The maximum absolute atomic E-state index is 5.93. The highest BCUT2D eigenvalue weighted by Gasteiger charge is 2.37. The lowest BCUT2D eigenvalue weighted by molar-refractivity contribution is 0.0730. The van der Waals surface area contributed by atoms with Gasteiger partial charge in [-0.3, -0.25) is 0 Å². The van der Waals surface area contributed by atoms with Gasteiger partial charge in [-0.15, -0.1) is 0 Å². The number of thioether (sulfide) groups is 1. The molecule has 1 aliphatic heterocycles. The fourth-order valence-corrected chi connectivity index (χ4v) is 3.49. The average Bonchev–Trinajstić information content (AvgIpc) is 2.65. The zero-order chi connectivity index (χ0) is 11.9. The van der Waals surface area contributed by atoms with Gasteiger partial charge in [0.2, 0.25) is 4.38 Å². The Morgan fingerprint density at radius 2 is 1.81 bits per heavy atom. The highest BCUT2D eigenvalue weighted by atomic mass is 32.2. The molecule has 94 valence electrons. The van der Waals surface area contributed by atoms with E-state index in [0.717, 1.165) is 10.1 Å². The van der Waals surface area contributed by atoms with Gasteiger partial charge in [0.05, 0.1) is 0 Å². The van der Waals surface area contributed by atoms with E-state index in [1.54, 1.807) is 11.8 Å². The number of hydrogen-bond acceptors (Lipinski definition) is 3. The van der Waals surface area contributed by atoms with E-state index >= 15 is 0 Å². The predicted molar refractivity (Wildman–Crippen MR) is 77.2 cm³/mol. The van der Waals surface area contributed by atoms with Gasteiger partial charge >= 0.3 is 0 Å². The smallest absolute Gasteiger partial charge is 0.220 e. The van der Waals surface area contributed by atoms with Crippen LogP contribution in [0.2, 0.25) is 0 Å². The molecule has 1 unspecified atom stereocenters. The van der Waals surface area contributed by atoms with Crippen molar-refractivity contribution in [3.8, 4) is 0 Å². The minimum Gasteiger partial charge on any atom is -0.471 e. The van der Waals surface area contributed by atoms with Gasteiger partial charge in [0.1, 0.15) is 5.60 Å². The average molecular weight is 260 g/mol. The Morgan fingerprint density at radius 1 is 1.12 bits per heavy atom. The number of hydrogen-bond donors (Lipinski definition) is 0. The normalized spacial score (nSPS) is 24.8. The van der Waals surface area contributed by atoms with Crippen molar-refractivity contribution < 1.29 is 4.74 Å². The second-order valence-corrected chi connectivity index (χ2v) is 6.32. The van der Waals surface area contributed by atoms with Crippen molar-refractivity contribution in [2.24, 2.45) is 0 Å². The molecule has 0 radical (unpaired) electrons. The molecule has 0 saturated carbocycles. The highest BCUT2D eigenvalue weighted by Crippen LogP contribution is 2.37. The summed E-state index contributed by atoms with van der Waals surface area (Å²) in [4.78, 5) is 0. The number of rotatable bonds is 8. The van der Waals surface area contributed by atoms with E-state index in [1.807, 2.05) is 0 Å². The lowest BCUT2D eigenvalue weighted by Crippen LogP contribution is -2.31. The molecule has 0 aromatic carbocycles. The Kier molecular flexibility index (Phi) is 6.74. The van der Waals surface area contributed by atoms with Crippen LogP contribution in [0.3, 0.4) is 0 Å². The fraction of sp³-hybridized carbons (Fsp3) is 0.923. The summed E-state index contributed by atoms with van der Waals surface area (Å²) in [5.41, 5.74) is 0.0888. The summed E-state index contributed by atoms with van der Waals surface area (Å²) in [6, 6.07) is 0. The van der Waals surface area contributed by atoms with Crippen LogP contribution in [0.15, 0.2) is 0 Å². The second-order valence-electron chi connectivity index (χ2n) is 4.74. The fourth-order valence-electron chi connectivity index (χ4n) is 2.17. The Morgan fingerprint density at radius 3 is 2.38 bits per heavy atom. The maximum atomic E-state index is 5.93. The zero-order valence-corrected chi connectivity index (χ0v) is 12.2. The number of unbranched alkanes of at least 4 members (excludes halogenated alkanes) is 4. The molecule has 1 saturated heterocycles. The standard InChI is InChI=1S/C13H24OS2/c1-3-5-7-8-10-13(9-6-4-2)11-16-12(15)14-13/h3-11H2,1-2H3. The summed E-state index contributed by atoms with van der Waals surface area (Å²) in [7, 11) is 0. The topological polar surface area (TPSA) is 9.23 Å². The number of ether oxygens (including phenoxy) is 1. The highest BCUT2D eigenvalue weighted by molar-refractivity contribution is 8.22. The van der Waals surface area contributed by atoms with E-state index < -0.39 is 0 Å². The Labute approximate surface area is 110 Å². The van der Waals surface area contributed by atoms with Crippen LogP contribution in [0.25, 0.3) is 0 Å². The summed E-state index contributed by atoms with van der Waals surface area (Å²) in [5, 5.41) is 0. The maximum Gasteiger partial charge on any atom is 0.220 e. The molecule has 0 spiro atoms. The van der Waals surface area contributed by atoms with Gasteiger partial charge < -0.3 is 4.74 Å². The van der Waals surface area contributed by atoms with E-state index in [-0.39, 0.29) is 5.60 Å². The molecule has 0 aliphatic carbocycles. The first-order valence-electron chi connectivity index (χ1n) is 6.58. The van der Waals surface area contributed by atoms with Gasteiger partial charge in [-0.2, -0.15) is 0 Å². The molecule has 0 bridgehead atoms. The van der Waals surface area contributed by atoms with Gasteiger partial charge in [0, 0.05) is 5.75 Å². The van der Waals surface area contributed by atoms with Crippen molar-refractivity contribution >= 4 is 28.4 Å². The monoisotopic (exact) mass is 260 g/mol. The summed E-state index contributed by atoms with van der Waals surface area (Å²) in [5.74, 6) is 1.08. The Bertz CT molecular complexity index is 218. The molecule has 0 aromatic rings. The molecule has 0 N–H and O–H groups in total. The molecule has 1 aliphatic rings. The summed E-state index contributed by atoms with van der Waals surface area (Å²) < 4.78 is 6.70. The molecule has 3 heteroatoms. The molecule has 1 heterocycles. The van der Waals surface area contributed by atoms with Crippen LogP contribution >= 0.6 is 24.0 Å².